The van der Waals surface area contributed by atoms with Gasteiger partial charge < -0.3 is 9.73 Å². The van der Waals surface area contributed by atoms with Crippen LogP contribution in [0.5, 0.6) is 0 Å². The summed E-state index contributed by atoms with van der Waals surface area (Å²) in [5, 5.41) is 3.09. The van der Waals surface area contributed by atoms with Crippen LogP contribution in [0.25, 0.3) is 0 Å². The average molecular weight is 442 g/mol. The second-order valence-electron chi connectivity index (χ2n) is 8.31. The van der Waals surface area contributed by atoms with E-state index in [0.717, 1.165) is 30.9 Å². The minimum absolute atomic E-state index is 0.0450. The number of hydrogen-bond donors (Lipinski definition) is 1. The monoisotopic (exact) mass is 442 g/mol. The van der Waals surface area contributed by atoms with Crippen molar-refractivity contribution >= 4 is 26.5 Å². The molecule has 4 fully saturated rings. The first-order valence-corrected chi connectivity index (χ1v) is 10.6. The Morgan fingerprint density at radius 3 is 2.25 bits per heavy atom. The molecule has 4 saturated carbocycles. The molecule has 1 N–H and O–H groups in total. The van der Waals surface area contributed by atoms with E-state index in [1.807, 2.05) is 28.8 Å². The van der Waals surface area contributed by atoms with Crippen molar-refractivity contribution in [3.8, 4) is 0 Å². The molecule has 1 amide bonds. The van der Waals surface area contributed by atoms with Gasteiger partial charge in [0.25, 0.3) is 3.91 Å². The standard InChI is InChI=1S/C19H27IN2O2/c20-17(23)22-19-11-18(12-19,13-19)16-21-10-15(24-16)14-8-6-4-2-1-3-5-7-9-14/h10,14H,1-9,11-13H2,(H,22,23). The lowest BCUT2D eigenvalue weighted by Gasteiger charge is -2.68. The molecule has 4 aliphatic carbocycles. The molecule has 1 aromatic rings. The van der Waals surface area contributed by atoms with Gasteiger partial charge in [0, 0.05) is 34.0 Å². The average Bonchev–Trinajstić information content (AvgIpc) is 2.96. The molecule has 1 aromatic heterocycles. The Kier molecular flexibility index (Phi) is 4.65. The molecular weight excluding hydrogens is 415 g/mol. The number of carbonyl (C=O) groups is 1. The van der Waals surface area contributed by atoms with Crippen molar-refractivity contribution in [2.45, 2.75) is 93.9 Å². The summed E-state index contributed by atoms with van der Waals surface area (Å²) in [6, 6.07) is 0. The molecule has 0 atom stereocenters. The summed E-state index contributed by atoms with van der Waals surface area (Å²) < 4.78 is 6.31. The highest BCUT2D eigenvalue weighted by atomic mass is 127. The largest absolute Gasteiger partial charge is 0.445 e. The van der Waals surface area contributed by atoms with E-state index in [1.54, 1.807) is 0 Å². The van der Waals surface area contributed by atoms with Gasteiger partial charge in [-0.15, -0.1) is 0 Å². The summed E-state index contributed by atoms with van der Waals surface area (Å²) in [5.74, 6) is 2.60. The predicted molar refractivity (Wildman–Crippen MR) is 102 cm³/mol. The van der Waals surface area contributed by atoms with Crippen molar-refractivity contribution in [2.75, 3.05) is 0 Å². The smallest absolute Gasteiger partial charge is 0.281 e. The van der Waals surface area contributed by atoms with Gasteiger partial charge >= 0.3 is 0 Å². The van der Waals surface area contributed by atoms with Crippen molar-refractivity contribution in [2.24, 2.45) is 0 Å². The van der Waals surface area contributed by atoms with Gasteiger partial charge in [-0.3, -0.25) is 4.79 Å². The van der Waals surface area contributed by atoms with E-state index in [2.05, 4.69) is 10.3 Å². The molecule has 4 aliphatic rings. The van der Waals surface area contributed by atoms with E-state index in [1.165, 1.54) is 57.8 Å². The molecule has 2 bridgehead atoms. The third-order valence-corrected chi connectivity index (χ3v) is 6.65. The molecule has 0 spiro atoms. The van der Waals surface area contributed by atoms with Gasteiger partial charge in [-0.2, -0.15) is 0 Å². The summed E-state index contributed by atoms with van der Waals surface area (Å²) in [5.41, 5.74) is 0.163. The van der Waals surface area contributed by atoms with Crippen LogP contribution >= 0.6 is 22.6 Å². The van der Waals surface area contributed by atoms with Crippen LogP contribution in [0.15, 0.2) is 10.6 Å². The minimum Gasteiger partial charge on any atom is -0.445 e. The predicted octanol–water partition coefficient (Wildman–Crippen LogP) is 5.60. The highest BCUT2D eigenvalue weighted by Crippen LogP contribution is 2.67. The quantitative estimate of drug-likeness (QED) is 0.377. The van der Waals surface area contributed by atoms with E-state index in [9.17, 15) is 4.79 Å². The fourth-order valence-electron chi connectivity index (χ4n) is 5.17. The Morgan fingerprint density at radius 1 is 1.08 bits per heavy atom. The highest BCUT2D eigenvalue weighted by Gasteiger charge is 2.71. The lowest BCUT2D eigenvalue weighted by Crippen LogP contribution is -2.76. The van der Waals surface area contributed by atoms with Crippen LogP contribution < -0.4 is 5.32 Å². The highest BCUT2D eigenvalue weighted by molar-refractivity contribution is 14.1. The maximum atomic E-state index is 11.3. The second kappa shape index (κ2) is 6.61. The number of rotatable bonds is 3. The van der Waals surface area contributed by atoms with Crippen LogP contribution in [0.4, 0.5) is 4.79 Å². The maximum Gasteiger partial charge on any atom is 0.281 e. The zero-order valence-corrected chi connectivity index (χ0v) is 16.4. The molecule has 0 aliphatic heterocycles. The van der Waals surface area contributed by atoms with Gasteiger partial charge in [0.1, 0.15) is 5.76 Å². The topological polar surface area (TPSA) is 55.1 Å². The molecule has 4 nitrogen and oxygen atoms in total. The number of hydrogen-bond acceptors (Lipinski definition) is 3. The third kappa shape index (κ3) is 3.13. The number of nitrogens with one attached hydrogen (secondary N) is 1. The lowest BCUT2D eigenvalue weighted by molar-refractivity contribution is -0.0933. The number of oxazole rings is 1. The summed E-state index contributed by atoms with van der Waals surface area (Å²) in [4.78, 5) is 15.9. The van der Waals surface area contributed by atoms with Crippen LogP contribution in [0.2, 0.25) is 0 Å². The summed E-state index contributed by atoms with van der Waals surface area (Å²) in [7, 11) is 0. The summed E-state index contributed by atoms with van der Waals surface area (Å²) >= 11 is 1.83. The van der Waals surface area contributed by atoms with E-state index >= 15 is 0 Å². The summed E-state index contributed by atoms with van der Waals surface area (Å²) in [6.45, 7) is 0. The number of nitrogens with zero attached hydrogens (tertiary/aromatic N) is 1. The second-order valence-corrected chi connectivity index (χ2v) is 9.29. The number of carbonyl (C=O) groups excluding carboxylic acids is 1. The fourth-order valence-corrected chi connectivity index (χ4v) is 5.74. The van der Waals surface area contributed by atoms with Crippen LogP contribution in [0.3, 0.4) is 0 Å². The minimum atomic E-state index is 0.0450. The van der Waals surface area contributed by atoms with E-state index < -0.39 is 0 Å². The zero-order valence-electron chi connectivity index (χ0n) is 14.3. The molecule has 0 aromatic carbocycles. The van der Waals surface area contributed by atoms with Crippen molar-refractivity contribution in [3.05, 3.63) is 17.8 Å². The molecule has 0 radical (unpaired) electrons. The van der Waals surface area contributed by atoms with Crippen LogP contribution in [0, 0.1) is 0 Å². The van der Waals surface area contributed by atoms with Gasteiger partial charge in [0.05, 0.1) is 11.6 Å². The third-order valence-electron chi connectivity index (χ3n) is 6.38. The fraction of sp³-hybridized carbons (Fsp3) is 0.789. The SMILES string of the molecule is O=C(I)NC12CC(c3ncc(C4CCCCCCCCC4)o3)(C1)C2. The number of aromatic nitrogens is 1. The molecule has 5 heteroatoms. The van der Waals surface area contributed by atoms with Gasteiger partial charge in [0.15, 0.2) is 0 Å². The number of amides is 1. The molecular formula is C19H27IN2O2. The molecule has 1 heterocycles. The lowest BCUT2D eigenvalue weighted by atomic mass is 9.39. The van der Waals surface area contributed by atoms with Gasteiger partial charge in [-0.25, -0.2) is 4.98 Å². The van der Waals surface area contributed by atoms with E-state index in [-0.39, 0.29) is 14.9 Å². The zero-order chi connectivity index (χ0) is 16.6. The Hall–Kier alpha value is -0.590. The first-order valence-electron chi connectivity index (χ1n) is 9.55. The van der Waals surface area contributed by atoms with E-state index in [4.69, 9.17) is 4.42 Å². The van der Waals surface area contributed by atoms with Gasteiger partial charge in [0.2, 0.25) is 5.89 Å². The Labute approximate surface area is 157 Å². The van der Waals surface area contributed by atoms with Crippen LogP contribution in [-0.4, -0.2) is 14.4 Å². The number of halogens is 1. The van der Waals surface area contributed by atoms with Crippen molar-refractivity contribution < 1.29 is 9.21 Å². The van der Waals surface area contributed by atoms with E-state index in [0.29, 0.717) is 5.92 Å². The van der Waals surface area contributed by atoms with Crippen molar-refractivity contribution in [1.29, 1.82) is 0 Å². The van der Waals surface area contributed by atoms with Crippen LogP contribution in [0.1, 0.15) is 94.6 Å². The van der Waals surface area contributed by atoms with Gasteiger partial charge in [-0.1, -0.05) is 44.9 Å². The maximum absolute atomic E-state index is 11.3. The normalized spacial score (nSPS) is 34.0. The van der Waals surface area contributed by atoms with Crippen molar-refractivity contribution in [1.82, 2.24) is 10.3 Å². The molecule has 132 valence electrons. The van der Waals surface area contributed by atoms with Gasteiger partial charge in [-0.05, 0) is 32.1 Å². The molecule has 0 saturated heterocycles. The Bertz CT molecular complexity index is 582. The molecule has 0 unspecified atom stereocenters. The van der Waals surface area contributed by atoms with Crippen molar-refractivity contribution in [3.63, 3.8) is 0 Å². The molecule has 24 heavy (non-hydrogen) atoms. The first-order chi connectivity index (χ1) is 11.6. The first kappa shape index (κ1) is 16.9. The molecule has 5 rings (SSSR count). The summed E-state index contributed by atoms with van der Waals surface area (Å²) in [6.07, 6.45) is 17.0. The van der Waals surface area contributed by atoms with Crippen LogP contribution in [-0.2, 0) is 5.41 Å². The Balaban J connectivity index is 1.39. The Morgan fingerprint density at radius 2 is 1.67 bits per heavy atom.